The van der Waals surface area contributed by atoms with Crippen LogP contribution in [0.3, 0.4) is 0 Å². The molecule has 3 N–H and O–H groups in total. The van der Waals surface area contributed by atoms with Gasteiger partial charge < -0.3 is 5.43 Å². The lowest BCUT2D eigenvalue weighted by Crippen LogP contribution is -2.17. The molecule has 0 saturated carbocycles. The molecule has 0 saturated heterocycles. The van der Waals surface area contributed by atoms with E-state index in [1.54, 1.807) is 26.0 Å². The van der Waals surface area contributed by atoms with Crippen molar-refractivity contribution in [3.05, 3.63) is 29.8 Å². The Hall–Kier alpha value is -1.16. The van der Waals surface area contributed by atoms with Gasteiger partial charge in [0.15, 0.2) is 0 Å². The molecule has 0 spiro atoms. The van der Waals surface area contributed by atoms with Crippen molar-refractivity contribution in [1.29, 1.82) is 0 Å². The second kappa shape index (κ2) is 4.57. The maximum atomic E-state index is 13.7. The van der Waals surface area contributed by atoms with Gasteiger partial charge in [-0.2, -0.15) is 0 Å². The number of hydrogen-bond donors (Lipinski definition) is 2. The standard InChI is InChI=1S/C11H16F2N2/c1-8(2)7-11(12,13)9-4-3-5-10(6-9)15-14/h3-6,8,15H,7,14H2,1-2H3. The summed E-state index contributed by atoms with van der Waals surface area (Å²) >= 11 is 0. The molecule has 0 atom stereocenters. The highest BCUT2D eigenvalue weighted by atomic mass is 19.3. The minimum Gasteiger partial charge on any atom is -0.324 e. The molecule has 0 aromatic heterocycles. The third-order valence-electron chi connectivity index (χ3n) is 2.12. The predicted molar refractivity (Wildman–Crippen MR) is 57.6 cm³/mol. The lowest BCUT2D eigenvalue weighted by Gasteiger charge is -2.19. The van der Waals surface area contributed by atoms with E-state index in [4.69, 9.17) is 5.84 Å². The fourth-order valence-corrected chi connectivity index (χ4v) is 1.47. The first-order valence-electron chi connectivity index (χ1n) is 4.90. The normalized spacial score (nSPS) is 11.9. The number of anilines is 1. The Bertz CT molecular complexity index is 324. The van der Waals surface area contributed by atoms with Crippen molar-refractivity contribution in [1.82, 2.24) is 0 Å². The molecular formula is C11H16F2N2. The first-order chi connectivity index (χ1) is 6.95. The molecule has 0 bridgehead atoms. The number of hydrazine groups is 1. The van der Waals surface area contributed by atoms with E-state index in [0.717, 1.165) is 0 Å². The lowest BCUT2D eigenvalue weighted by molar-refractivity contribution is -0.0248. The molecule has 1 aromatic rings. The second-order valence-corrected chi connectivity index (χ2v) is 4.03. The van der Waals surface area contributed by atoms with Crippen molar-refractivity contribution >= 4 is 5.69 Å². The van der Waals surface area contributed by atoms with Crippen molar-refractivity contribution < 1.29 is 8.78 Å². The van der Waals surface area contributed by atoms with Gasteiger partial charge in [0.05, 0.1) is 0 Å². The summed E-state index contributed by atoms with van der Waals surface area (Å²) < 4.78 is 27.3. The number of rotatable bonds is 4. The summed E-state index contributed by atoms with van der Waals surface area (Å²) in [5.74, 6) is 2.33. The highest BCUT2D eigenvalue weighted by molar-refractivity contribution is 5.45. The molecule has 0 unspecified atom stereocenters. The van der Waals surface area contributed by atoms with Gasteiger partial charge in [0.2, 0.25) is 0 Å². The maximum absolute atomic E-state index is 13.7. The molecule has 1 aromatic carbocycles. The van der Waals surface area contributed by atoms with E-state index in [0.29, 0.717) is 5.69 Å². The van der Waals surface area contributed by atoms with Crippen molar-refractivity contribution in [2.45, 2.75) is 26.2 Å². The van der Waals surface area contributed by atoms with Crippen LogP contribution in [0.1, 0.15) is 25.8 Å². The average molecular weight is 214 g/mol. The van der Waals surface area contributed by atoms with Crippen molar-refractivity contribution in [3.8, 4) is 0 Å². The number of hydrogen-bond acceptors (Lipinski definition) is 2. The van der Waals surface area contributed by atoms with Crippen molar-refractivity contribution in [3.63, 3.8) is 0 Å². The molecule has 0 amide bonds. The van der Waals surface area contributed by atoms with E-state index in [2.05, 4.69) is 5.43 Å². The molecule has 0 heterocycles. The Kier molecular flexibility index (Phi) is 3.63. The van der Waals surface area contributed by atoms with Crippen LogP contribution in [0.4, 0.5) is 14.5 Å². The van der Waals surface area contributed by atoms with E-state index < -0.39 is 5.92 Å². The molecule has 0 aliphatic heterocycles. The first kappa shape index (κ1) is 11.9. The Morgan fingerprint density at radius 2 is 2.07 bits per heavy atom. The van der Waals surface area contributed by atoms with Crippen molar-refractivity contribution in [2.75, 3.05) is 5.43 Å². The van der Waals surface area contributed by atoms with E-state index >= 15 is 0 Å². The molecule has 1 rings (SSSR count). The third-order valence-corrected chi connectivity index (χ3v) is 2.12. The SMILES string of the molecule is CC(C)CC(F)(F)c1cccc(NN)c1. The predicted octanol–water partition coefficient (Wildman–Crippen LogP) is 3.11. The molecule has 2 nitrogen and oxygen atoms in total. The van der Waals surface area contributed by atoms with Crippen LogP contribution in [0, 0.1) is 5.92 Å². The van der Waals surface area contributed by atoms with Crippen LogP contribution in [-0.4, -0.2) is 0 Å². The van der Waals surface area contributed by atoms with E-state index in [9.17, 15) is 8.78 Å². The van der Waals surface area contributed by atoms with Crippen LogP contribution in [0.5, 0.6) is 0 Å². The number of halogens is 2. The molecule has 84 valence electrons. The summed E-state index contributed by atoms with van der Waals surface area (Å²) in [7, 11) is 0. The number of nitrogen functional groups attached to an aromatic ring is 1. The summed E-state index contributed by atoms with van der Waals surface area (Å²) in [4.78, 5) is 0. The van der Waals surface area contributed by atoms with E-state index in [-0.39, 0.29) is 17.9 Å². The van der Waals surface area contributed by atoms with E-state index in [1.165, 1.54) is 12.1 Å². The quantitative estimate of drug-likeness (QED) is 0.597. The summed E-state index contributed by atoms with van der Waals surface area (Å²) in [6, 6.07) is 6.01. The van der Waals surface area contributed by atoms with Gasteiger partial charge in [0.25, 0.3) is 5.92 Å². The number of nitrogens with two attached hydrogens (primary N) is 1. The Morgan fingerprint density at radius 3 is 2.60 bits per heavy atom. The molecule has 0 aliphatic carbocycles. The first-order valence-corrected chi connectivity index (χ1v) is 4.90. The van der Waals surface area contributed by atoms with Crippen LogP contribution < -0.4 is 11.3 Å². The fourth-order valence-electron chi connectivity index (χ4n) is 1.47. The monoisotopic (exact) mass is 214 g/mol. The van der Waals surface area contributed by atoms with Crippen LogP contribution in [0.2, 0.25) is 0 Å². The largest absolute Gasteiger partial charge is 0.324 e. The fraction of sp³-hybridized carbons (Fsp3) is 0.455. The van der Waals surface area contributed by atoms with Gasteiger partial charge in [-0.15, -0.1) is 0 Å². The highest BCUT2D eigenvalue weighted by Crippen LogP contribution is 2.35. The Labute approximate surface area is 88.4 Å². The maximum Gasteiger partial charge on any atom is 0.273 e. The molecular weight excluding hydrogens is 198 g/mol. The van der Waals surface area contributed by atoms with Gasteiger partial charge in [-0.25, -0.2) is 8.78 Å². The van der Waals surface area contributed by atoms with Gasteiger partial charge in [-0.3, -0.25) is 5.84 Å². The average Bonchev–Trinajstić information content (AvgIpc) is 2.16. The topological polar surface area (TPSA) is 38.0 Å². The van der Waals surface area contributed by atoms with Gasteiger partial charge in [-0.05, 0) is 18.1 Å². The second-order valence-electron chi connectivity index (χ2n) is 4.03. The molecule has 0 fully saturated rings. The van der Waals surface area contributed by atoms with Crippen LogP contribution in [-0.2, 0) is 5.92 Å². The summed E-state index contributed by atoms with van der Waals surface area (Å²) in [5, 5.41) is 0. The summed E-state index contributed by atoms with van der Waals surface area (Å²) in [6.07, 6.45) is -0.152. The smallest absolute Gasteiger partial charge is 0.273 e. The van der Waals surface area contributed by atoms with Gasteiger partial charge in [0, 0.05) is 17.7 Å². The number of alkyl halides is 2. The molecule has 0 aliphatic rings. The summed E-state index contributed by atoms with van der Waals surface area (Å²) in [6.45, 7) is 3.55. The number of nitrogens with one attached hydrogen (secondary N) is 1. The molecule has 0 radical (unpaired) electrons. The van der Waals surface area contributed by atoms with Gasteiger partial charge >= 0.3 is 0 Å². The minimum absolute atomic E-state index is 0.00616. The van der Waals surface area contributed by atoms with Crippen molar-refractivity contribution in [2.24, 2.45) is 11.8 Å². The van der Waals surface area contributed by atoms with E-state index in [1.807, 2.05) is 0 Å². The third kappa shape index (κ3) is 3.16. The minimum atomic E-state index is -2.79. The highest BCUT2D eigenvalue weighted by Gasteiger charge is 2.32. The molecule has 15 heavy (non-hydrogen) atoms. The number of benzene rings is 1. The Balaban J connectivity index is 2.93. The zero-order chi connectivity index (χ0) is 11.5. The zero-order valence-corrected chi connectivity index (χ0v) is 8.93. The van der Waals surface area contributed by atoms with Crippen LogP contribution >= 0.6 is 0 Å². The zero-order valence-electron chi connectivity index (χ0n) is 8.93. The van der Waals surface area contributed by atoms with Crippen LogP contribution in [0.15, 0.2) is 24.3 Å². The van der Waals surface area contributed by atoms with Crippen LogP contribution in [0.25, 0.3) is 0 Å². The molecule has 4 heteroatoms. The van der Waals surface area contributed by atoms with Gasteiger partial charge in [-0.1, -0.05) is 26.0 Å². The lowest BCUT2D eigenvalue weighted by atomic mass is 9.98. The van der Waals surface area contributed by atoms with Gasteiger partial charge in [0.1, 0.15) is 0 Å². The summed E-state index contributed by atoms with van der Waals surface area (Å²) in [5.41, 5.74) is 2.86. The Morgan fingerprint density at radius 1 is 1.40 bits per heavy atom.